The third-order valence-electron chi connectivity index (χ3n) is 3.99. The summed E-state index contributed by atoms with van der Waals surface area (Å²) in [7, 11) is -3.52. The van der Waals surface area contributed by atoms with Gasteiger partial charge >= 0.3 is 0 Å². The van der Waals surface area contributed by atoms with Gasteiger partial charge in [0.1, 0.15) is 0 Å². The minimum atomic E-state index is -3.52. The van der Waals surface area contributed by atoms with Gasteiger partial charge in [-0.25, -0.2) is 8.42 Å². The van der Waals surface area contributed by atoms with Gasteiger partial charge in [0.25, 0.3) is 5.91 Å². The van der Waals surface area contributed by atoms with E-state index in [1.807, 2.05) is 29.8 Å². The highest BCUT2D eigenvalue weighted by Crippen LogP contribution is 2.18. The van der Waals surface area contributed by atoms with Crippen molar-refractivity contribution in [1.29, 1.82) is 0 Å². The van der Waals surface area contributed by atoms with Crippen molar-refractivity contribution in [3.8, 4) is 0 Å². The molecule has 0 N–H and O–H groups in total. The van der Waals surface area contributed by atoms with E-state index in [0.717, 1.165) is 5.56 Å². The molecule has 0 aliphatic heterocycles. The molecule has 5 nitrogen and oxygen atoms in total. The molecule has 0 bridgehead atoms. The summed E-state index contributed by atoms with van der Waals surface area (Å²) in [5, 5.41) is 2.45. The Labute approximate surface area is 166 Å². The quantitative estimate of drug-likeness (QED) is 0.630. The molecule has 8 heteroatoms. The van der Waals surface area contributed by atoms with E-state index in [9.17, 15) is 13.2 Å². The maximum atomic E-state index is 12.7. The van der Waals surface area contributed by atoms with Crippen LogP contribution in [0, 0.1) is 0 Å². The van der Waals surface area contributed by atoms with Gasteiger partial charge < -0.3 is 4.57 Å². The highest BCUT2D eigenvalue weighted by atomic mass is 35.5. The maximum absolute atomic E-state index is 12.7. The number of hydrogen-bond acceptors (Lipinski definition) is 4. The molecule has 3 aromatic rings. The van der Waals surface area contributed by atoms with Crippen LogP contribution in [0.1, 0.15) is 22.8 Å². The normalized spacial score (nSPS) is 12.3. The monoisotopic (exact) mass is 420 g/mol. The van der Waals surface area contributed by atoms with Crippen molar-refractivity contribution in [2.45, 2.75) is 18.4 Å². The smallest absolute Gasteiger partial charge is 0.280 e. The second-order valence-electron chi connectivity index (χ2n) is 5.72. The van der Waals surface area contributed by atoms with Crippen molar-refractivity contribution in [2.75, 3.05) is 5.75 Å². The zero-order chi connectivity index (χ0) is 19.4. The summed E-state index contributed by atoms with van der Waals surface area (Å²) in [6.07, 6.45) is 1.81. The summed E-state index contributed by atoms with van der Waals surface area (Å²) in [4.78, 5) is 17.3. The zero-order valence-electron chi connectivity index (χ0n) is 14.5. The maximum Gasteiger partial charge on any atom is 0.280 e. The Morgan fingerprint density at radius 3 is 2.59 bits per heavy atom. The Morgan fingerprint density at radius 1 is 1.15 bits per heavy atom. The van der Waals surface area contributed by atoms with Crippen molar-refractivity contribution in [1.82, 2.24) is 4.57 Å². The van der Waals surface area contributed by atoms with Gasteiger partial charge in [0.2, 0.25) is 0 Å². The van der Waals surface area contributed by atoms with E-state index in [1.54, 1.807) is 29.7 Å². The molecule has 0 radical (unpaired) electrons. The molecular weight excluding hydrogens is 404 g/mol. The second kappa shape index (κ2) is 8.21. The van der Waals surface area contributed by atoms with Crippen LogP contribution in [-0.4, -0.2) is 24.6 Å². The molecule has 27 heavy (non-hydrogen) atoms. The van der Waals surface area contributed by atoms with Gasteiger partial charge in [-0.3, -0.25) is 4.79 Å². The average molecular weight is 421 g/mol. The molecule has 140 valence electrons. The number of rotatable bonds is 5. The Morgan fingerprint density at radius 2 is 1.85 bits per heavy atom. The second-order valence-corrected chi connectivity index (χ2v) is 9.25. The van der Waals surface area contributed by atoms with Crippen molar-refractivity contribution >= 4 is 38.7 Å². The van der Waals surface area contributed by atoms with Gasteiger partial charge in [-0.1, -0.05) is 48.9 Å². The van der Waals surface area contributed by atoms with E-state index < -0.39 is 15.7 Å². The number of carbonyl (C=O) groups is 1. The molecule has 0 aliphatic rings. The first-order valence-electron chi connectivity index (χ1n) is 8.20. The molecule has 0 fully saturated rings. The molecule has 1 amide bonds. The SMILES string of the molecule is CCS(=O)(=O)c1ccccc1C(=O)N=c1sccn1Cc1ccccc1Cl. The van der Waals surface area contributed by atoms with Crippen LogP contribution in [0.15, 0.2) is 70.0 Å². The van der Waals surface area contributed by atoms with E-state index in [2.05, 4.69) is 4.99 Å². The number of aromatic nitrogens is 1. The van der Waals surface area contributed by atoms with E-state index in [1.165, 1.54) is 23.5 Å². The number of benzene rings is 2. The Hall–Kier alpha value is -2.22. The Balaban J connectivity index is 2.00. The van der Waals surface area contributed by atoms with Crippen molar-refractivity contribution < 1.29 is 13.2 Å². The van der Waals surface area contributed by atoms with Crippen molar-refractivity contribution in [3.63, 3.8) is 0 Å². The van der Waals surface area contributed by atoms with Crippen LogP contribution in [0.5, 0.6) is 0 Å². The van der Waals surface area contributed by atoms with Crippen LogP contribution in [0.4, 0.5) is 0 Å². The van der Waals surface area contributed by atoms with Crippen LogP contribution >= 0.6 is 22.9 Å². The summed E-state index contributed by atoms with van der Waals surface area (Å²) in [5.74, 6) is -0.666. The van der Waals surface area contributed by atoms with E-state index >= 15 is 0 Å². The van der Waals surface area contributed by atoms with E-state index in [-0.39, 0.29) is 16.2 Å². The lowest BCUT2D eigenvalue weighted by molar-refractivity contribution is 0.0994. The molecule has 0 unspecified atom stereocenters. The molecular formula is C19H17ClN2O3S2. The first kappa shape index (κ1) is 19.5. The van der Waals surface area contributed by atoms with Crippen molar-refractivity contribution in [3.05, 3.63) is 81.1 Å². The number of carbonyl (C=O) groups excluding carboxylic acids is 1. The summed E-state index contributed by atoms with van der Waals surface area (Å²) < 4.78 is 26.3. The molecule has 0 spiro atoms. The highest BCUT2D eigenvalue weighted by Gasteiger charge is 2.20. The van der Waals surface area contributed by atoms with Crippen molar-refractivity contribution in [2.24, 2.45) is 4.99 Å². The first-order chi connectivity index (χ1) is 12.9. The fraction of sp³-hybridized carbons (Fsp3) is 0.158. The predicted molar refractivity (Wildman–Crippen MR) is 107 cm³/mol. The molecule has 2 aromatic carbocycles. The summed E-state index contributed by atoms with van der Waals surface area (Å²) in [5.41, 5.74) is 0.984. The summed E-state index contributed by atoms with van der Waals surface area (Å²) >= 11 is 7.51. The Bertz CT molecular complexity index is 1150. The molecule has 1 aromatic heterocycles. The molecule has 3 rings (SSSR count). The summed E-state index contributed by atoms with van der Waals surface area (Å²) in [6.45, 7) is 2.01. The average Bonchev–Trinajstić information content (AvgIpc) is 3.10. The topological polar surface area (TPSA) is 68.5 Å². The fourth-order valence-electron chi connectivity index (χ4n) is 2.53. The minimum Gasteiger partial charge on any atom is -0.319 e. The zero-order valence-corrected chi connectivity index (χ0v) is 16.9. The standard InChI is InChI=1S/C19H17ClN2O3S2/c1-2-27(24,25)17-10-6-4-8-15(17)18(23)21-19-22(11-12-26-19)13-14-7-3-5-9-16(14)20/h3-12H,2,13H2,1H3. The number of thiazole rings is 1. The van der Waals surface area contributed by atoms with Crippen LogP contribution in [0.2, 0.25) is 5.02 Å². The third kappa shape index (κ3) is 4.37. The molecule has 1 heterocycles. The third-order valence-corrected chi connectivity index (χ3v) is 6.94. The first-order valence-corrected chi connectivity index (χ1v) is 11.1. The molecule has 0 saturated carbocycles. The van der Waals surface area contributed by atoms with Gasteiger partial charge in [-0.15, -0.1) is 11.3 Å². The molecule has 0 aliphatic carbocycles. The fourth-order valence-corrected chi connectivity index (χ4v) is 4.54. The highest BCUT2D eigenvalue weighted by molar-refractivity contribution is 7.91. The number of halogens is 1. The van der Waals surface area contributed by atoms with Gasteiger partial charge in [-0.05, 0) is 23.8 Å². The summed E-state index contributed by atoms with van der Waals surface area (Å²) in [6, 6.07) is 13.6. The Kier molecular flexibility index (Phi) is 5.94. The van der Waals surface area contributed by atoms with E-state index in [0.29, 0.717) is 16.4 Å². The van der Waals surface area contributed by atoms with Crippen LogP contribution in [-0.2, 0) is 16.4 Å². The van der Waals surface area contributed by atoms with Crippen LogP contribution < -0.4 is 4.80 Å². The van der Waals surface area contributed by atoms with Crippen LogP contribution in [0.25, 0.3) is 0 Å². The number of amides is 1. The number of hydrogen-bond donors (Lipinski definition) is 0. The number of nitrogens with zero attached hydrogens (tertiary/aromatic N) is 2. The predicted octanol–water partition coefficient (Wildman–Crippen LogP) is 3.79. The van der Waals surface area contributed by atoms with Gasteiger partial charge in [0, 0.05) is 16.6 Å². The van der Waals surface area contributed by atoms with Gasteiger partial charge in [0.15, 0.2) is 14.6 Å². The number of sulfone groups is 1. The molecule has 0 atom stereocenters. The molecule has 0 saturated heterocycles. The lowest BCUT2D eigenvalue weighted by Crippen LogP contribution is -2.18. The van der Waals surface area contributed by atoms with Gasteiger partial charge in [-0.2, -0.15) is 4.99 Å². The minimum absolute atomic E-state index is 0.00969. The lowest BCUT2D eigenvalue weighted by atomic mass is 10.2. The van der Waals surface area contributed by atoms with E-state index in [4.69, 9.17) is 11.6 Å². The van der Waals surface area contributed by atoms with Crippen LogP contribution in [0.3, 0.4) is 0 Å². The van der Waals surface area contributed by atoms with Gasteiger partial charge in [0.05, 0.1) is 22.8 Å². The lowest BCUT2D eigenvalue weighted by Gasteiger charge is -2.07. The largest absolute Gasteiger partial charge is 0.319 e.